The van der Waals surface area contributed by atoms with Crippen molar-refractivity contribution in [3.63, 3.8) is 0 Å². The quantitative estimate of drug-likeness (QED) is 0.897. The second-order valence-corrected chi connectivity index (χ2v) is 7.39. The SMILES string of the molecule is NC(=O)[C@]12CCCCN1C(=O)N(c1ccc(N3CCCCC3=O)cc1)C2. The first-order valence-electron chi connectivity index (χ1n) is 9.32. The first-order chi connectivity index (χ1) is 12.5. The lowest BCUT2D eigenvalue weighted by Crippen LogP contribution is -2.58. The summed E-state index contributed by atoms with van der Waals surface area (Å²) in [6.07, 6.45) is 4.95. The lowest BCUT2D eigenvalue weighted by molar-refractivity contribution is -0.128. The highest BCUT2D eigenvalue weighted by Gasteiger charge is 2.54. The van der Waals surface area contributed by atoms with E-state index in [0.29, 0.717) is 25.9 Å². The Kier molecular flexibility index (Phi) is 4.09. The Balaban J connectivity index is 1.59. The van der Waals surface area contributed by atoms with Crippen LogP contribution in [-0.2, 0) is 9.59 Å². The minimum atomic E-state index is -0.892. The molecule has 0 unspecified atom stereocenters. The van der Waals surface area contributed by atoms with Gasteiger partial charge in [0.1, 0.15) is 5.54 Å². The number of nitrogens with two attached hydrogens (primary N) is 1. The first kappa shape index (κ1) is 16.9. The van der Waals surface area contributed by atoms with Crippen molar-refractivity contribution >= 4 is 29.2 Å². The van der Waals surface area contributed by atoms with Gasteiger partial charge in [-0.3, -0.25) is 14.5 Å². The zero-order valence-corrected chi connectivity index (χ0v) is 14.8. The molecule has 3 aliphatic rings. The Hall–Kier alpha value is -2.57. The van der Waals surface area contributed by atoms with Crippen molar-refractivity contribution in [3.05, 3.63) is 24.3 Å². The molecule has 0 radical (unpaired) electrons. The van der Waals surface area contributed by atoms with E-state index in [-0.39, 0.29) is 11.9 Å². The number of carbonyl (C=O) groups is 3. The van der Waals surface area contributed by atoms with Gasteiger partial charge in [0.05, 0.1) is 6.54 Å². The first-order valence-corrected chi connectivity index (χ1v) is 9.32. The standard InChI is InChI=1S/C19H24N4O3/c20-17(25)19-10-2-4-12-23(19)18(26)22(13-19)15-8-6-14(7-9-15)21-11-3-1-5-16(21)24/h6-9H,1-5,10-13H2,(H2,20,25)/t19-/m1/s1. The second-order valence-electron chi connectivity index (χ2n) is 7.39. The topological polar surface area (TPSA) is 86.9 Å². The van der Waals surface area contributed by atoms with E-state index in [1.54, 1.807) is 14.7 Å². The highest BCUT2D eigenvalue weighted by Crippen LogP contribution is 2.38. The van der Waals surface area contributed by atoms with Crippen molar-refractivity contribution in [3.8, 4) is 0 Å². The molecule has 0 saturated carbocycles. The summed E-state index contributed by atoms with van der Waals surface area (Å²) in [7, 11) is 0. The maximum absolute atomic E-state index is 12.9. The highest BCUT2D eigenvalue weighted by molar-refractivity contribution is 6.03. The predicted octanol–water partition coefficient (Wildman–Crippen LogP) is 1.85. The van der Waals surface area contributed by atoms with Crippen molar-refractivity contribution < 1.29 is 14.4 Å². The molecule has 0 aliphatic carbocycles. The Bertz CT molecular complexity index is 748. The Morgan fingerprint density at radius 1 is 0.923 bits per heavy atom. The summed E-state index contributed by atoms with van der Waals surface area (Å²) >= 11 is 0. The van der Waals surface area contributed by atoms with E-state index in [0.717, 1.165) is 43.6 Å². The van der Waals surface area contributed by atoms with Gasteiger partial charge in [-0.15, -0.1) is 0 Å². The van der Waals surface area contributed by atoms with Crippen molar-refractivity contribution in [1.82, 2.24) is 4.90 Å². The Morgan fingerprint density at radius 2 is 1.58 bits per heavy atom. The van der Waals surface area contributed by atoms with Crippen LogP contribution in [0.25, 0.3) is 0 Å². The van der Waals surface area contributed by atoms with E-state index >= 15 is 0 Å². The number of primary amides is 1. The fourth-order valence-corrected chi connectivity index (χ4v) is 4.38. The average molecular weight is 356 g/mol. The molecule has 0 bridgehead atoms. The van der Waals surface area contributed by atoms with E-state index in [2.05, 4.69) is 0 Å². The molecule has 1 atom stereocenters. The molecule has 2 N–H and O–H groups in total. The molecule has 3 heterocycles. The molecule has 3 aliphatic heterocycles. The number of hydrogen-bond acceptors (Lipinski definition) is 3. The number of fused-ring (bicyclic) bond motifs is 1. The third-order valence-electron chi connectivity index (χ3n) is 5.88. The van der Waals surface area contributed by atoms with Crippen LogP contribution in [0.2, 0.25) is 0 Å². The molecule has 1 aromatic carbocycles. The highest BCUT2D eigenvalue weighted by atomic mass is 16.2. The minimum absolute atomic E-state index is 0.145. The summed E-state index contributed by atoms with van der Waals surface area (Å²) in [5.74, 6) is -0.283. The molecule has 0 spiro atoms. The van der Waals surface area contributed by atoms with Crippen LogP contribution in [0.5, 0.6) is 0 Å². The van der Waals surface area contributed by atoms with Gasteiger partial charge in [-0.1, -0.05) is 0 Å². The van der Waals surface area contributed by atoms with Gasteiger partial charge in [-0.25, -0.2) is 4.79 Å². The lowest BCUT2D eigenvalue weighted by atomic mass is 9.87. The van der Waals surface area contributed by atoms with Crippen molar-refractivity contribution in [2.75, 3.05) is 29.4 Å². The van der Waals surface area contributed by atoms with Gasteiger partial charge < -0.3 is 15.5 Å². The van der Waals surface area contributed by atoms with Crippen LogP contribution in [0.15, 0.2) is 24.3 Å². The number of anilines is 2. The fraction of sp³-hybridized carbons (Fsp3) is 0.526. The van der Waals surface area contributed by atoms with E-state index in [1.165, 1.54) is 0 Å². The number of carbonyl (C=O) groups excluding carboxylic acids is 3. The molecular formula is C19H24N4O3. The molecule has 7 heteroatoms. The van der Waals surface area contributed by atoms with Gasteiger partial charge in [0.25, 0.3) is 0 Å². The molecule has 4 amide bonds. The molecule has 4 rings (SSSR count). The summed E-state index contributed by atoms with van der Waals surface area (Å²) < 4.78 is 0. The van der Waals surface area contributed by atoms with Crippen LogP contribution < -0.4 is 15.5 Å². The molecule has 3 fully saturated rings. The Labute approximate surface area is 152 Å². The lowest BCUT2D eigenvalue weighted by Gasteiger charge is -2.37. The molecule has 3 saturated heterocycles. The van der Waals surface area contributed by atoms with Crippen LogP contribution >= 0.6 is 0 Å². The monoisotopic (exact) mass is 356 g/mol. The number of benzene rings is 1. The summed E-state index contributed by atoms with van der Waals surface area (Å²) in [6, 6.07) is 7.29. The van der Waals surface area contributed by atoms with Crippen LogP contribution in [0, 0.1) is 0 Å². The van der Waals surface area contributed by atoms with Gasteiger partial charge in [-0.2, -0.15) is 0 Å². The molecule has 1 aromatic rings. The fourth-order valence-electron chi connectivity index (χ4n) is 4.38. The second kappa shape index (κ2) is 6.30. The van der Waals surface area contributed by atoms with Gasteiger partial charge in [-0.05, 0) is 56.4 Å². The van der Waals surface area contributed by atoms with Crippen molar-refractivity contribution in [2.24, 2.45) is 5.73 Å². The number of hydrogen-bond donors (Lipinski definition) is 1. The number of nitrogens with zero attached hydrogens (tertiary/aromatic N) is 3. The smallest absolute Gasteiger partial charge is 0.325 e. The van der Waals surface area contributed by atoms with Gasteiger partial charge in [0, 0.05) is 30.9 Å². The average Bonchev–Trinajstić information content (AvgIpc) is 2.97. The number of piperidine rings is 2. The van der Waals surface area contributed by atoms with Crippen LogP contribution in [0.4, 0.5) is 16.2 Å². The molecule has 138 valence electrons. The van der Waals surface area contributed by atoms with Crippen molar-refractivity contribution in [2.45, 2.75) is 44.1 Å². The third-order valence-corrected chi connectivity index (χ3v) is 5.88. The maximum atomic E-state index is 12.9. The van der Waals surface area contributed by atoms with Crippen LogP contribution in [0.3, 0.4) is 0 Å². The zero-order valence-electron chi connectivity index (χ0n) is 14.8. The number of amides is 4. The normalized spacial score (nSPS) is 26.2. The van der Waals surface area contributed by atoms with Crippen LogP contribution in [0.1, 0.15) is 38.5 Å². The molecule has 0 aromatic heterocycles. The molecular weight excluding hydrogens is 332 g/mol. The number of urea groups is 1. The van der Waals surface area contributed by atoms with Gasteiger partial charge >= 0.3 is 6.03 Å². The van der Waals surface area contributed by atoms with Crippen LogP contribution in [-0.4, -0.2) is 47.9 Å². The summed E-state index contributed by atoms with van der Waals surface area (Å²) in [6.45, 7) is 1.60. The third kappa shape index (κ3) is 2.53. The Morgan fingerprint density at radius 3 is 2.19 bits per heavy atom. The largest absolute Gasteiger partial charge is 0.368 e. The van der Waals surface area contributed by atoms with Gasteiger partial charge in [0.2, 0.25) is 11.8 Å². The number of rotatable bonds is 3. The van der Waals surface area contributed by atoms with E-state index < -0.39 is 11.4 Å². The minimum Gasteiger partial charge on any atom is -0.368 e. The molecule has 7 nitrogen and oxygen atoms in total. The zero-order chi connectivity index (χ0) is 18.3. The molecule has 26 heavy (non-hydrogen) atoms. The van der Waals surface area contributed by atoms with E-state index in [1.807, 2.05) is 24.3 Å². The van der Waals surface area contributed by atoms with Crippen molar-refractivity contribution in [1.29, 1.82) is 0 Å². The van der Waals surface area contributed by atoms with E-state index in [4.69, 9.17) is 5.73 Å². The summed E-state index contributed by atoms with van der Waals surface area (Å²) in [5.41, 5.74) is 6.38. The predicted molar refractivity (Wildman–Crippen MR) is 97.9 cm³/mol. The van der Waals surface area contributed by atoms with E-state index in [9.17, 15) is 14.4 Å². The summed E-state index contributed by atoms with van der Waals surface area (Å²) in [4.78, 5) is 42.2. The summed E-state index contributed by atoms with van der Waals surface area (Å²) in [5, 5.41) is 0. The van der Waals surface area contributed by atoms with Gasteiger partial charge in [0.15, 0.2) is 0 Å². The maximum Gasteiger partial charge on any atom is 0.325 e.